The van der Waals surface area contributed by atoms with Crippen LogP contribution in [-0.4, -0.2) is 14.2 Å². The van der Waals surface area contributed by atoms with Gasteiger partial charge in [-0.15, -0.1) is 0 Å². The second kappa shape index (κ2) is 3.62. The van der Waals surface area contributed by atoms with Crippen LogP contribution in [-0.2, 0) is 15.9 Å². The zero-order chi connectivity index (χ0) is 10.8. The van der Waals surface area contributed by atoms with Crippen molar-refractivity contribution in [3.63, 3.8) is 0 Å². The van der Waals surface area contributed by atoms with E-state index in [0.717, 1.165) is 12.1 Å². The van der Waals surface area contributed by atoms with Gasteiger partial charge in [0.2, 0.25) is 10.0 Å². The molecule has 0 aromatic heterocycles. The molecule has 3 nitrogen and oxygen atoms in total. The number of primary sulfonamides is 1. The van der Waals surface area contributed by atoms with E-state index in [4.69, 9.17) is 0 Å². The normalized spacial score (nSPS) is 12.8. The summed E-state index contributed by atoms with van der Waals surface area (Å²) in [5, 5.41) is 4.55. The lowest BCUT2D eigenvalue weighted by molar-refractivity contribution is 0.0213. The summed E-state index contributed by atoms with van der Waals surface area (Å²) in [6.07, 6.45) is 0. The van der Waals surface area contributed by atoms with Gasteiger partial charge in [-0.3, -0.25) is 0 Å². The predicted octanol–water partition coefficient (Wildman–Crippen LogP) is 1.07. The number of hydrogen-bond donors (Lipinski definition) is 1. The van der Waals surface area contributed by atoms with Crippen LogP contribution in [0.1, 0.15) is 5.56 Å². The quantitative estimate of drug-likeness (QED) is 0.829. The van der Waals surface area contributed by atoms with Crippen molar-refractivity contribution in [1.82, 2.24) is 0 Å². The van der Waals surface area contributed by atoms with Gasteiger partial charge in [-0.05, 0) is 0 Å². The fourth-order valence-corrected chi connectivity index (χ4v) is 1.69. The number of rotatable bonds is 3. The maximum absolute atomic E-state index is 13.2. The molecule has 1 aromatic rings. The van der Waals surface area contributed by atoms with Crippen LogP contribution in [0.25, 0.3) is 0 Å². The number of benzene rings is 1. The Bertz CT molecular complexity index is 403. The third-order valence-corrected chi connectivity index (χ3v) is 2.34. The Morgan fingerprint density at radius 2 is 1.71 bits per heavy atom. The maximum Gasteiger partial charge on any atom is 0.288 e. The van der Waals surface area contributed by atoms with Crippen LogP contribution in [0.2, 0.25) is 0 Å². The topological polar surface area (TPSA) is 60.2 Å². The van der Waals surface area contributed by atoms with Crippen molar-refractivity contribution in [3.05, 3.63) is 35.9 Å². The van der Waals surface area contributed by atoms with Crippen LogP contribution in [0.5, 0.6) is 0 Å². The smallest absolute Gasteiger partial charge is 0.229 e. The summed E-state index contributed by atoms with van der Waals surface area (Å²) in [7, 11) is -4.18. The highest BCUT2D eigenvalue weighted by molar-refractivity contribution is 7.89. The Morgan fingerprint density at radius 3 is 2.14 bits per heavy atom. The van der Waals surface area contributed by atoms with E-state index >= 15 is 0 Å². The van der Waals surface area contributed by atoms with Crippen molar-refractivity contribution >= 4 is 10.0 Å². The highest BCUT2D eigenvalue weighted by Crippen LogP contribution is 2.28. The Balaban J connectivity index is 2.97. The minimum absolute atomic E-state index is 0.353. The SMILES string of the molecule is NS(=O)(=O)CC(F)(F)c1ccccc1. The van der Waals surface area contributed by atoms with Gasteiger partial charge in [0, 0.05) is 5.56 Å². The molecule has 0 spiro atoms. The molecule has 6 heteroatoms. The van der Waals surface area contributed by atoms with Gasteiger partial charge in [0.25, 0.3) is 5.92 Å². The number of halogens is 2. The highest BCUT2D eigenvalue weighted by Gasteiger charge is 2.35. The maximum atomic E-state index is 13.2. The predicted molar refractivity (Wildman–Crippen MR) is 48.3 cm³/mol. The van der Waals surface area contributed by atoms with Gasteiger partial charge >= 0.3 is 0 Å². The molecule has 0 saturated carbocycles. The molecule has 1 aromatic carbocycles. The van der Waals surface area contributed by atoms with Crippen molar-refractivity contribution in [2.75, 3.05) is 5.75 Å². The highest BCUT2D eigenvalue weighted by atomic mass is 32.2. The van der Waals surface area contributed by atoms with Gasteiger partial charge in [0.1, 0.15) is 5.75 Å². The molecule has 0 amide bonds. The van der Waals surface area contributed by atoms with Gasteiger partial charge in [-0.2, -0.15) is 0 Å². The lowest BCUT2D eigenvalue weighted by Gasteiger charge is -2.14. The first kappa shape index (κ1) is 11.1. The van der Waals surface area contributed by atoms with Crippen molar-refractivity contribution < 1.29 is 17.2 Å². The van der Waals surface area contributed by atoms with Crippen molar-refractivity contribution in [3.8, 4) is 0 Å². The van der Waals surface area contributed by atoms with Crippen LogP contribution in [0.3, 0.4) is 0 Å². The van der Waals surface area contributed by atoms with E-state index in [1.165, 1.54) is 12.1 Å². The van der Waals surface area contributed by atoms with E-state index in [1.54, 1.807) is 6.07 Å². The third kappa shape index (κ3) is 3.04. The minimum atomic E-state index is -4.18. The van der Waals surface area contributed by atoms with Crippen LogP contribution in [0.4, 0.5) is 8.78 Å². The number of sulfonamides is 1. The van der Waals surface area contributed by atoms with Gasteiger partial charge in [0.05, 0.1) is 0 Å². The molecule has 0 radical (unpaired) electrons. The molecule has 2 N–H and O–H groups in total. The number of nitrogens with two attached hydrogens (primary N) is 1. The Kier molecular flexibility index (Phi) is 2.86. The average molecular weight is 221 g/mol. The molecule has 0 bridgehead atoms. The monoisotopic (exact) mass is 221 g/mol. The van der Waals surface area contributed by atoms with E-state index in [2.05, 4.69) is 5.14 Å². The van der Waals surface area contributed by atoms with E-state index in [1.807, 2.05) is 0 Å². The fraction of sp³-hybridized carbons (Fsp3) is 0.250. The van der Waals surface area contributed by atoms with Crippen molar-refractivity contribution in [2.45, 2.75) is 5.92 Å². The molecule has 0 aliphatic carbocycles. The van der Waals surface area contributed by atoms with E-state index in [9.17, 15) is 17.2 Å². The summed E-state index contributed by atoms with van der Waals surface area (Å²) in [6, 6.07) is 6.70. The fourth-order valence-electron chi connectivity index (χ4n) is 1.02. The molecular weight excluding hydrogens is 212 g/mol. The zero-order valence-corrected chi connectivity index (χ0v) is 7.97. The summed E-state index contributed by atoms with van der Waals surface area (Å²) < 4.78 is 47.4. The van der Waals surface area contributed by atoms with Gasteiger partial charge < -0.3 is 0 Å². The Labute approximate surface area is 80.6 Å². The summed E-state index contributed by atoms with van der Waals surface area (Å²) >= 11 is 0. The molecule has 0 saturated heterocycles. The third-order valence-electron chi connectivity index (χ3n) is 1.58. The molecule has 1 rings (SSSR count). The van der Waals surface area contributed by atoms with Gasteiger partial charge in [-0.25, -0.2) is 22.3 Å². The van der Waals surface area contributed by atoms with E-state index in [0.29, 0.717) is 0 Å². The standard InChI is InChI=1S/C8H9F2NO2S/c9-8(10,6-14(11,12)13)7-4-2-1-3-5-7/h1-5H,6H2,(H2,11,12,13). The van der Waals surface area contributed by atoms with Crippen molar-refractivity contribution in [1.29, 1.82) is 0 Å². The van der Waals surface area contributed by atoms with Gasteiger partial charge in [0.15, 0.2) is 0 Å². The molecular formula is C8H9F2NO2S. The van der Waals surface area contributed by atoms with Gasteiger partial charge in [-0.1, -0.05) is 30.3 Å². The van der Waals surface area contributed by atoms with Crippen LogP contribution in [0, 0.1) is 0 Å². The first-order chi connectivity index (χ1) is 6.31. The second-order valence-corrected chi connectivity index (χ2v) is 4.49. The van der Waals surface area contributed by atoms with E-state index in [-0.39, 0.29) is 5.56 Å². The lowest BCUT2D eigenvalue weighted by atomic mass is 10.1. The largest absolute Gasteiger partial charge is 0.288 e. The molecule has 78 valence electrons. The van der Waals surface area contributed by atoms with Crippen molar-refractivity contribution in [2.24, 2.45) is 5.14 Å². The lowest BCUT2D eigenvalue weighted by Crippen LogP contribution is -2.30. The minimum Gasteiger partial charge on any atom is -0.229 e. The summed E-state index contributed by atoms with van der Waals surface area (Å²) in [5.74, 6) is -4.81. The zero-order valence-electron chi connectivity index (χ0n) is 7.15. The first-order valence-electron chi connectivity index (χ1n) is 3.75. The summed E-state index contributed by atoms with van der Waals surface area (Å²) in [4.78, 5) is 0. The average Bonchev–Trinajstić information content (AvgIpc) is 2.01. The molecule has 0 unspecified atom stereocenters. The van der Waals surface area contributed by atoms with E-state index < -0.39 is 21.7 Å². The van der Waals surface area contributed by atoms with Crippen LogP contribution < -0.4 is 5.14 Å². The Morgan fingerprint density at radius 1 is 1.21 bits per heavy atom. The summed E-state index contributed by atoms with van der Waals surface area (Å²) in [6.45, 7) is 0. The molecule has 14 heavy (non-hydrogen) atoms. The number of alkyl halides is 2. The van der Waals surface area contributed by atoms with Crippen LogP contribution in [0.15, 0.2) is 30.3 Å². The molecule has 0 heterocycles. The number of hydrogen-bond acceptors (Lipinski definition) is 2. The summed E-state index contributed by atoms with van der Waals surface area (Å²) in [5.41, 5.74) is -0.353. The van der Waals surface area contributed by atoms with Crippen LogP contribution >= 0.6 is 0 Å². The molecule has 0 aliphatic rings. The molecule has 0 aliphatic heterocycles. The Hall–Kier alpha value is -1.01. The molecule has 0 fully saturated rings. The molecule has 0 atom stereocenters. The second-order valence-electron chi connectivity index (χ2n) is 2.88. The first-order valence-corrected chi connectivity index (χ1v) is 5.47.